The van der Waals surface area contributed by atoms with Crippen molar-refractivity contribution in [2.75, 3.05) is 24.2 Å². The van der Waals surface area contributed by atoms with Gasteiger partial charge in [0.1, 0.15) is 17.3 Å². The Kier molecular flexibility index (Phi) is 5.60. The van der Waals surface area contributed by atoms with Gasteiger partial charge in [0, 0.05) is 36.0 Å². The Labute approximate surface area is 183 Å². The highest BCUT2D eigenvalue weighted by molar-refractivity contribution is 7.92. The number of anilines is 1. The van der Waals surface area contributed by atoms with E-state index in [0.29, 0.717) is 17.8 Å². The van der Waals surface area contributed by atoms with Crippen LogP contribution in [0.2, 0.25) is 0 Å². The molecule has 0 amide bonds. The third kappa shape index (κ3) is 4.41. The van der Waals surface area contributed by atoms with Gasteiger partial charge >= 0.3 is 0 Å². The van der Waals surface area contributed by atoms with Gasteiger partial charge in [0.2, 0.25) is 10.0 Å². The van der Waals surface area contributed by atoms with Crippen molar-refractivity contribution in [3.8, 4) is 5.75 Å². The maximum atomic E-state index is 13.2. The van der Waals surface area contributed by atoms with Gasteiger partial charge < -0.3 is 10.0 Å². The topological polar surface area (TPSA) is 115 Å². The summed E-state index contributed by atoms with van der Waals surface area (Å²) in [4.78, 5) is 19.2. The van der Waals surface area contributed by atoms with Crippen LogP contribution in [0.4, 0.5) is 5.69 Å². The Morgan fingerprint density at radius 3 is 2.52 bits per heavy atom. The van der Waals surface area contributed by atoms with Crippen LogP contribution in [0.3, 0.4) is 0 Å². The second-order valence-electron chi connectivity index (χ2n) is 8.96. The second kappa shape index (κ2) is 7.64. The van der Waals surface area contributed by atoms with E-state index in [1.54, 1.807) is 11.0 Å². The number of ketones is 1. The minimum Gasteiger partial charge on any atom is -0.505 e. The number of phenols is 1. The highest BCUT2D eigenvalue weighted by Gasteiger charge is 2.30. The fourth-order valence-corrected chi connectivity index (χ4v) is 4.02. The van der Waals surface area contributed by atoms with Crippen LogP contribution in [0.25, 0.3) is 0 Å². The van der Waals surface area contributed by atoms with Gasteiger partial charge in [-0.25, -0.2) is 13.4 Å². The standard InChI is InChI=1S/C22H28N4O4S/c1-13-7-8-14-11-26(21(23)19(14)24-13)12-18(27)15-9-16(22(2,3)4)20(28)17(10-15)25(5)31(6,29)30/h7-10,23,28H,11-12H2,1-6H3. The number of sulfonamides is 1. The number of hydrogen-bond donors (Lipinski definition) is 2. The summed E-state index contributed by atoms with van der Waals surface area (Å²) in [5.74, 6) is -0.253. The molecular formula is C22H28N4O4S. The van der Waals surface area contributed by atoms with Crippen LogP contribution in [0.1, 0.15) is 53.6 Å². The predicted molar refractivity (Wildman–Crippen MR) is 121 cm³/mol. The zero-order valence-corrected chi connectivity index (χ0v) is 19.5. The van der Waals surface area contributed by atoms with Crippen LogP contribution >= 0.6 is 0 Å². The molecule has 0 aliphatic carbocycles. The molecule has 2 aromatic rings. The number of pyridine rings is 1. The number of carbonyl (C=O) groups is 1. The van der Waals surface area contributed by atoms with Crippen molar-refractivity contribution in [1.82, 2.24) is 9.88 Å². The molecule has 2 heterocycles. The number of aromatic nitrogens is 1. The van der Waals surface area contributed by atoms with Gasteiger partial charge in [-0.2, -0.15) is 0 Å². The number of rotatable bonds is 5. The van der Waals surface area contributed by atoms with Crippen molar-refractivity contribution in [2.45, 2.75) is 39.7 Å². The molecule has 3 rings (SSSR count). The molecule has 0 bridgehead atoms. The van der Waals surface area contributed by atoms with Gasteiger partial charge in [0.25, 0.3) is 0 Å². The van der Waals surface area contributed by atoms with E-state index in [9.17, 15) is 18.3 Å². The average Bonchev–Trinajstić information content (AvgIpc) is 2.95. The van der Waals surface area contributed by atoms with E-state index >= 15 is 0 Å². The molecule has 1 aliphatic heterocycles. The van der Waals surface area contributed by atoms with Crippen LogP contribution < -0.4 is 4.31 Å². The molecule has 0 unspecified atom stereocenters. The summed E-state index contributed by atoms with van der Waals surface area (Å²) < 4.78 is 25.1. The molecule has 31 heavy (non-hydrogen) atoms. The molecule has 1 aliphatic rings. The van der Waals surface area contributed by atoms with Crippen molar-refractivity contribution >= 4 is 27.3 Å². The van der Waals surface area contributed by atoms with E-state index in [1.807, 2.05) is 39.8 Å². The monoisotopic (exact) mass is 444 g/mol. The Bertz CT molecular complexity index is 1180. The van der Waals surface area contributed by atoms with E-state index in [4.69, 9.17) is 5.41 Å². The molecule has 2 N–H and O–H groups in total. The van der Waals surface area contributed by atoms with E-state index in [-0.39, 0.29) is 35.2 Å². The second-order valence-corrected chi connectivity index (χ2v) is 11.0. The molecule has 0 atom stereocenters. The van der Waals surface area contributed by atoms with Crippen LogP contribution in [0.15, 0.2) is 24.3 Å². The van der Waals surface area contributed by atoms with Crippen molar-refractivity contribution in [3.63, 3.8) is 0 Å². The molecule has 0 saturated carbocycles. The largest absolute Gasteiger partial charge is 0.505 e. The van der Waals surface area contributed by atoms with Crippen molar-refractivity contribution in [3.05, 3.63) is 52.3 Å². The fourth-order valence-electron chi connectivity index (χ4n) is 3.52. The first-order valence-electron chi connectivity index (χ1n) is 9.85. The van der Waals surface area contributed by atoms with Crippen LogP contribution in [0, 0.1) is 12.3 Å². The predicted octanol–water partition coefficient (Wildman–Crippen LogP) is 2.81. The Hall–Kier alpha value is -2.94. The highest BCUT2D eigenvalue weighted by atomic mass is 32.2. The maximum absolute atomic E-state index is 13.2. The van der Waals surface area contributed by atoms with Gasteiger partial charge in [0.05, 0.1) is 18.5 Å². The van der Waals surface area contributed by atoms with E-state index < -0.39 is 15.4 Å². The van der Waals surface area contributed by atoms with Crippen molar-refractivity contribution < 1.29 is 18.3 Å². The molecule has 0 saturated heterocycles. The molecule has 0 fully saturated rings. The SMILES string of the molecule is Cc1ccc2c(n1)C(=N)N(CC(=O)c1cc(N(C)S(C)(=O)=O)c(O)c(C(C)(C)C)c1)C2. The average molecular weight is 445 g/mol. The van der Waals surface area contributed by atoms with Gasteiger partial charge in [-0.05, 0) is 30.5 Å². The van der Waals surface area contributed by atoms with Crippen LogP contribution in [-0.2, 0) is 22.0 Å². The Balaban J connectivity index is 1.99. The molecular weight excluding hydrogens is 416 g/mol. The number of carbonyl (C=O) groups excluding carboxylic acids is 1. The number of aryl methyl sites for hydroxylation is 1. The zero-order chi connectivity index (χ0) is 23.3. The molecule has 9 heteroatoms. The number of phenolic OH excluding ortho intramolecular Hbond substituents is 1. The van der Waals surface area contributed by atoms with Crippen molar-refractivity contribution in [2.24, 2.45) is 0 Å². The van der Waals surface area contributed by atoms with Crippen LogP contribution in [-0.4, -0.2) is 54.9 Å². The minimum atomic E-state index is -3.65. The first-order valence-corrected chi connectivity index (χ1v) is 11.7. The van der Waals surface area contributed by atoms with Crippen molar-refractivity contribution in [1.29, 1.82) is 5.41 Å². The summed E-state index contributed by atoms with van der Waals surface area (Å²) in [5.41, 5.74) is 2.55. The molecule has 166 valence electrons. The Morgan fingerprint density at radius 1 is 1.29 bits per heavy atom. The fraction of sp³-hybridized carbons (Fsp3) is 0.409. The lowest BCUT2D eigenvalue weighted by molar-refractivity contribution is 0.0962. The molecule has 1 aromatic heterocycles. The first-order chi connectivity index (χ1) is 14.2. The van der Waals surface area contributed by atoms with Gasteiger partial charge in [0.15, 0.2) is 5.78 Å². The highest BCUT2D eigenvalue weighted by Crippen LogP contribution is 2.39. The lowest BCUT2D eigenvalue weighted by Crippen LogP contribution is -2.31. The molecule has 0 radical (unpaired) electrons. The number of nitrogens with zero attached hydrogens (tertiary/aromatic N) is 3. The number of hydrogen-bond acceptors (Lipinski definition) is 6. The number of aromatic hydroxyl groups is 1. The summed E-state index contributed by atoms with van der Waals surface area (Å²) in [7, 11) is -2.31. The lowest BCUT2D eigenvalue weighted by atomic mass is 9.84. The quantitative estimate of drug-likeness (QED) is 0.686. The minimum absolute atomic E-state index is 0.0510. The molecule has 8 nitrogen and oxygen atoms in total. The summed E-state index contributed by atoms with van der Waals surface area (Å²) in [6.07, 6.45) is 1.04. The third-order valence-corrected chi connectivity index (χ3v) is 6.60. The summed E-state index contributed by atoms with van der Waals surface area (Å²) in [6, 6.07) is 6.78. The molecule has 1 aromatic carbocycles. The van der Waals surface area contributed by atoms with Gasteiger partial charge in [-0.3, -0.25) is 14.5 Å². The number of Topliss-reactive ketones (excluding diaryl/α,β-unsaturated/α-hetero) is 1. The number of amidine groups is 1. The zero-order valence-electron chi connectivity index (χ0n) is 18.6. The summed E-state index contributed by atoms with van der Waals surface area (Å²) in [5, 5.41) is 19.2. The number of fused-ring (bicyclic) bond motifs is 1. The lowest BCUT2D eigenvalue weighted by Gasteiger charge is -2.26. The number of benzene rings is 1. The first kappa shape index (κ1) is 22.7. The van der Waals surface area contributed by atoms with Gasteiger partial charge in [-0.1, -0.05) is 26.8 Å². The normalized spacial score (nSPS) is 14.0. The van der Waals surface area contributed by atoms with Crippen LogP contribution in [0.5, 0.6) is 5.75 Å². The van der Waals surface area contributed by atoms with Gasteiger partial charge in [-0.15, -0.1) is 0 Å². The van der Waals surface area contributed by atoms with E-state index in [0.717, 1.165) is 21.8 Å². The number of nitrogens with one attached hydrogen (secondary N) is 1. The van der Waals surface area contributed by atoms with E-state index in [1.165, 1.54) is 13.1 Å². The Morgan fingerprint density at radius 2 is 1.94 bits per heavy atom. The summed E-state index contributed by atoms with van der Waals surface area (Å²) in [6.45, 7) is 7.84. The van der Waals surface area contributed by atoms with E-state index in [2.05, 4.69) is 4.98 Å². The summed E-state index contributed by atoms with van der Waals surface area (Å²) >= 11 is 0. The smallest absolute Gasteiger partial charge is 0.232 e. The molecule has 0 spiro atoms. The maximum Gasteiger partial charge on any atom is 0.232 e. The third-order valence-electron chi connectivity index (χ3n) is 5.41.